The molecule has 6 nitrogen and oxygen atoms in total. The lowest BCUT2D eigenvalue weighted by atomic mass is 10.0. The number of hydrogen-bond donors (Lipinski definition) is 0. The Morgan fingerprint density at radius 2 is 2.00 bits per heavy atom. The molecule has 0 amide bonds. The Labute approximate surface area is 163 Å². The van der Waals surface area contributed by atoms with Gasteiger partial charge < -0.3 is 9.64 Å². The van der Waals surface area contributed by atoms with Crippen LogP contribution in [0.2, 0.25) is 0 Å². The minimum Gasteiger partial charge on any atom is -0.461 e. The van der Waals surface area contributed by atoms with Crippen molar-refractivity contribution in [2.75, 3.05) is 33.8 Å². The Balaban J connectivity index is 1.86. The van der Waals surface area contributed by atoms with Crippen molar-refractivity contribution >= 4 is 5.97 Å². The molecule has 152 valence electrons. The Hall–Kier alpha value is -2.32. The Morgan fingerprint density at radius 1 is 1.29 bits per heavy atom. The summed E-state index contributed by atoms with van der Waals surface area (Å²) in [5.41, 5.74) is 2.13. The van der Waals surface area contributed by atoms with Crippen LogP contribution in [0.4, 0.5) is 8.78 Å². The maximum atomic E-state index is 14.0. The van der Waals surface area contributed by atoms with Crippen LogP contribution in [0.3, 0.4) is 0 Å². The highest BCUT2D eigenvalue weighted by molar-refractivity contribution is 5.89. The van der Waals surface area contributed by atoms with Crippen LogP contribution in [-0.4, -0.2) is 59.3 Å². The maximum Gasteiger partial charge on any atom is 0.359 e. The van der Waals surface area contributed by atoms with E-state index in [0.717, 1.165) is 17.8 Å². The van der Waals surface area contributed by atoms with E-state index in [1.54, 1.807) is 6.92 Å². The molecule has 2 aromatic rings. The van der Waals surface area contributed by atoms with Gasteiger partial charge in [0.25, 0.3) is 0 Å². The molecule has 1 aromatic heterocycles. The summed E-state index contributed by atoms with van der Waals surface area (Å²) in [7, 11) is 3.96. The fraction of sp³-hybridized carbons (Fsp3) is 0.500. The smallest absolute Gasteiger partial charge is 0.359 e. The molecule has 0 atom stereocenters. The molecule has 3 rings (SSSR count). The predicted octanol–water partition coefficient (Wildman–Crippen LogP) is 2.46. The van der Waals surface area contributed by atoms with Gasteiger partial charge in [0, 0.05) is 49.4 Å². The third kappa shape index (κ3) is 4.39. The average molecular weight is 392 g/mol. The molecule has 0 bridgehead atoms. The first-order chi connectivity index (χ1) is 13.4. The van der Waals surface area contributed by atoms with Crippen LogP contribution in [0.1, 0.15) is 34.2 Å². The normalized spacial score (nSPS) is 14.4. The summed E-state index contributed by atoms with van der Waals surface area (Å²) in [6.07, 6.45) is 0.658. The largest absolute Gasteiger partial charge is 0.461 e. The highest BCUT2D eigenvalue weighted by Crippen LogP contribution is 2.26. The first kappa shape index (κ1) is 20.4. The van der Waals surface area contributed by atoms with E-state index in [0.29, 0.717) is 31.7 Å². The monoisotopic (exact) mass is 392 g/mol. The van der Waals surface area contributed by atoms with Crippen LogP contribution in [0.25, 0.3) is 0 Å². The molecule has 28 heavy (non-hydrogen) atoms. The van der Waals surface area contributed by atoms with Gasteiger partial charge in [-0.3, -0.25) is 9.58 Å². The third-order valence-electron chi connectivity index (χ3n) is 4.88. The SMILES string of the molecule is CCOC(=O)c1nn(CCN(C)C)c2c1CN(Cc1c(F)cccc1F)CC2. The summed E-state index contributed by atoms with van der Waals surface area (Å²) < 4.78 is 35.1. The number of halogens is 2. The average Bonchev–Trinajstić information content (AvgIpc) is 3.01. The van der Waals surface area contributed by atoms with Gasteiger partial charge in [-0.1, -0.05) is 6.07 Å². The van der Waals surface area contributed by atoms with Crippen molar-refractivity contribution in [1.82, 2.24) is 19.6 Å². The fourth-order valence-corrected chi connectivity index (χ4v) is 3.43. The maximum absolute atomic E-state index is 14.0. The molecule has 1 aliphatic heterocycles. The number of carbonyl (C=O) groups is 1. The number of fused-ring (bicyclic) bond motifs is 1. The standard InChI is InChI=1S/C20H26F2N4O2/c1-4-28-20(27)19-15-13-25(12-14-16(21)6-5-7-17(14)22)9-8-18(15)26(23-19)11-10-24(2)3/h5-7H,4,8-13H2,1-3H3. The number of hydrogen-bond acceptors (Lipinski definition) is 5. The topological polar surface area (TPSA) is 50.6 Å². The summed E-state index contributed by atoms with van der Waals surface area (Å²) in [4.78, 5) is 16.4. The van der Waals surface area contributed by atoms with Gasteiger partial charge in [-0.2, -0.15) is 5.10 Å². The number of likely N-dealkylation sites (N-methyl/N-ethyl adjacent to an activating group) is 1. The van der Waals surface area contributed by atoms with Crippen molar-refractivity contribution < 1.29 is 18.3 Å². The zero-order valence-electron chi connectivity index (χ0n) is 16.5. The second kappa shape index (κ2) is 8.79. The number of rotatable bonds is 7. The van der Waals surface area contributed by atoms with Gasteiger partial charge in [-0.05, 0) is 33.2 Å². The molecular weight excluding hydrogens is 366 g/mol. The molecule has 0 saturated carbocycles. The number of ether oxygens (including phenoxy) is 1. The highest BCUT2D eigenvalue weighted by atomic mass is 19.1. The summed E-state index contributed by atoms with van der Waals surface area (Å²) in [5, 5.41) is 4.50. The second-order valence-corrected chi connectivity index (χ2v) is 7.18. The Morgan fingerprint density at radius 3 is 2.64 bits per heavy atom. The van der Waals surface area contributed by atoms with E-state index >= 15 is 0 Å². The zero-order chi connectivity index (χ0) is 20.3. The fourth-order valence-electron chi connectivity index (χ4n) is 3.43. The Kier molecular flexibility index (Phi) is 6.41. The molecule has 8 heteroatoms. The second-order valence-electron chi connectivity index (χ2n) is 7.18. The van der Waals surface area contributed by atoms with Gasteiger partial charge in [0.15, 0.2) is 5.69 Å². The summed E-state index contributed by atoms with van der Waals surface area (Å²) in [6, 6.07) is 3.88. The zero-order valence-corrected chi connectivity index (χ0v) is 16.5. The molecule has 0 unspecified atom stereocenters. The van der Waals surface area contributed by atoms with Crippen LogP contribution >= 0.6 is 0 Å². The van der Waals surface area contributed by atoms with Crippen LogP contribution in [0, 0.1) is 11.6 Å². The molecule has 1 aromatic carbocycles. The van der Waals surface area contributed by atoms with Crippen LogP contribution in [0.5, 0.6) is 0 Å². The van der Waals surface area contributed by atoms with E-state index in [2.05, 4.69) is 5.10 Å². The first-order valence-corrected chi connectivity index (χ1v) is 9.46. The third-order valence-corrected chi connectivity index (χ3v) is 4.88. The quantitative estimate of drug-likeness (QED) is 0.678. The van der Waals surface area contributed by atoms with Crippen LogP contribution in [-0.2, 0) is 30.8 Å². The van der Waals surface area contributed by atoms with Crippen LogP contribution in [0.15, 0.2) is 18.2 Å². The molecule has 0 spiro atoms. The number of nitrogens with zero attached hydrogens (tertiary/aromatic N) is 4. The lowest BCUT2D eigenvalue weighted by Gasteiger charge is -2.28. The van der Waals surface area contributed by atoms with E-state index in [-0.39, 0.29) is 18.7 Å². The first-order valence-electron chi connectivity index (χ1n) is 9.46. The molecule has 0 radical (unpaired) electrons. The van der Waals surface area contributed by atoms with E-state index in [1.807, 2.05) is 28.6 Å². The molecule has 0 fully saturated rings. The molecule has 1 aliphatic rings. The molecule has 2 heterocycles. The van der Waals surface area contributed by atoms with E-state index in [4.69, 9.17) is 4.74 Å². The van der Waals surface area contributed by atoms with Gasteiger partial charge in [0.05, 0.1) is 13.2 Å². The van der Waals surface area contributed by atoms with Crippen molar-refractivity contribution in [3.63, 3.8) is 0 Å². The summed E-state index contributed by atoms with van der Waals surface area (Å²) in [6.45, 7) is 4.65. The van der Waals surface area contributed by atoms with Crippen molar-refractivity contribution in [2.45, 2.75) is 33.0 Å². The van der Waals surface area contributed by atoms with Crippen molar-refractivity contribution in [1.29, 1.82) is 0 Å². The summed E-state index contributed by atoms with van der Waals surface area (Å²) in [5.74, 6) is -1.57. The van der Waals surface area contributed by atoms with Crippen molar-refractivity contribution in [3.05, 3.63) is 52.3 Å². The molecule has 0 saturated heterocycles. The number of benzene rings is 1. The van der Waals surface area contributed by atoms with Crippen LogP contribution < -0.4 is 0 Å². The van der Waals surface area contributed by atoms with Gasteiger partial charge in [0.1, 0.15) is 11.6 Å². The minimum atomic E-state index is -0.557. The predicted molar refractivity (Wildman–Crippen MR) is 101 cm³/mol. The number of carbonyl (C=O) groups excluding carboxylic acids is 1. The molecular formula is C20H26F2N4O2. The lowest BCUT2D eigenvalue weighted by Crippen LogP contribution is -2.32. The minimum absolute atomic E-state index is 0.0450. The van der Waals surface area contributed by atoms with Gasteiger partial charge >= 0.3 is 5.97 Å². The number of aromatic nitrogens is 2. The highest BCUT2D eigenvalue weighted by Gasteiger charge is 2.29. The van der Waals surface area contributed by atoms with Crippen molar-refractivity contribution in [3.8, 4) is 0 Å². The Bertz CT molecular complexity index is 831. The van der Waals surface area contributed by atoms with E-state index < -0.39 is 17.6 Å². The van der Waals surface area contributed by atoms with E-state index in [1.165, 1.54) is 18.2 Å². The summed E-state index contributed by atoms with van der Waals surface area (Å²) >= 11 is 0. The van der Waals surface area contributed by atoms with Crippen molar-refractivity contribution in [2.24, 2.45) is 0 Å². The number of esters is 1. The van der Waals surface area contributed by atoms with E-state index in [9.17, 15) is 13.6 Å². The van der Waals surface area contributed by atoms with Gasteiger partial charge in [0.2, 0.25) is 0 Å². The lowest BCUT2D eigenvalue weighted by molar-refractivity contribution is 0.0515. The molecule has 0 aliphatic carbocycles. The van der Waals surface area contributed by atoms with Gasteiger partial charge in [-0.25, -0.2) is 13.6 Å². The van der Waals surface area contributed by atoms with Gasteiger partial charge in [-0.15, -0.1) is 0 Å². The molecule has 0 N–H and O–H groups in total.